The van der Waals surface area contributed by atoms with Crippen LogP contribution in [-0.4, -0.2) is 68.0 Å². The molecule has 2 fully saturated rings. The second-order valence-corrected chi connectivity index (χ2v) is 7.22. The highest BCUT2D eigenvalue weighted by atomic mass is 32.2. The summed E-state index contributed by atoms with van der Waals surface area (Å²) in [5.41, 5.74) is 0. The van der Waals surface area contributed by atoms with Gasteiger partial charge in [-0.3, -0.25) is 0 Å². The summed E-state index contributed by atoms with van der Waals surface area (Å²) in [6, 6.07) is 0.212. The third kappa shape index (κ3) is 3.03. The van der Waals surface area contributed by atoms with Crippen molar-refractivity contribution in [2.45, 2.75) is 39.0 Å². The van der Waals surface area contributed by atoms with Crippen LogP contribution in [0.1, 0.15) is 20.8 Å². The summed E-state index contributed by atoms with van der Waals surface area (Å²) in [6.45, 7) is 8.55. The fourth-order valence-electron chi connectivity index (χ4n) is 2.59. The lowest BCUT2D eigenvalue weighted by Gasteiger charge is -2.39. The molecular formula is C11H23N3O3S. The van der Waals surface area contributed by atoms with Gasteiger partial charge in [0.05, 0.1) is 12.2 Å². The summed E-state index contributed by atoms with van der Waals surface area (Å²) < 4.78 is 33.8. The molecule has 2 saturated heterocycles. The molecule has 0 radical (unpaired) electrons. The average molecular weight is 277 g/mol. The number of nitrogens with zero attached hydrogens (tertiary/aromatic N) is 2. The number of hydrogen-bond acceptors (Lipinski definition) is 4. The molecule has 2 rings (SSSR count). The fourth-order valence-corrected chi connectivity index (χ4v) is 4.45. The summed E-state index contributed by atoms with van der Waals surface area (Å²) in [4.78, 5) is 0. The first kappa shape index (κ1) is 14.2. The number of ether oxygens (including phenoxy) is 1. The van der Waals surface area contributed by atoms with Gasteiger partial charge in [0.2, 0.25) is 0 Å². The molecule has 0 aromatic carbocycles. The molecule has 2 unspecified atom stereocenters. The van der Waals surface area contributed by atoms with Crippen molar-refractivity contribution in [3.05, 3.63) is 0 Å². The molecule has 0 spiro atoms. The summed E-state index contributed by atoms with van der Waals surface area (Å²) in [5.74, 6) is 0. The maximum atomic E-state index is 12.5. The molecule has 1 N–H and O–H groups in total. The zero-order chi connectivity index (χ0) is 13.3. The Balaban J connectivity index is 2.09. The molecule has 0 aliphatic carbocycles. The van der Waals surface area contributed by atoms with Gasteiger partial charge in [-0.15, -0.1) is 0 Å². The highest BCUT2D eigenvalue weighted by Gasteiger charge is 2.36. The van der Waals surface area contributed by atoms with E-state index in [0.29, 0.717) is 26.2 Å². The summed E-state index contributed by atoms with van der Waals surface area (Å²) in [7, 11) is -3.34. The van der Waals surface area contributed by atoms with Crippen LogP contribution in [0.5, 0.6) is 0 Å². The van der Waals surface area contributed by atoms with Crippen molar-refractivity contribution in [2.75, 3.05) is 32.7 Å². The Morgan fingerprint density at radius 1 is 1.06 bits per heavy atom. The Morgan fingerprint density at radius 2 is 1.67 bits per heavy atom. The van der Waals surface area contributed by atoms with E-state index in [1.165, 1.54) is 0 Å². The molecule has 0 saturated carbocycles. The first-order valence-corrected chi connectivity index (χ1v) is 7.93. The minimum atomic E-state index is -3.34. The monoisotopic (exact) mass is 277 g/mol. The fraction of sp³-hybridized carbons (Fsp3) is 1.00. The highest BCUT2D eigenvalue weighted by molar-refractivity contribution is 7.86. The number of rotatable bonds is 2. The minimum absolute atomic E-state index is 0.0381. The van der Waals surface area contributed by atoms with Crippen LogP contribution in [0.25, 0.3) is 0 Å². The quantitative estimate of drug-likeness (QED) is 0.748. The second kappa shape index (κ2) is 5.42. The van der Waals surface area contributed by atoms with E-state index in [4.69, 9.17) is 4.74 Å². The Hall–Kier alpha value is -0.210. The third-order valence-corrected chi connectivity index (χ3v) is 5.31. The molecule has 0 aromatic heterocycles. The van der Waals surface area contributed by atoms with Crippen LogP contribution in [0.4, 0.5) is 0 Å². The SMILES string of the molecule is CC1CN(S(=O)(=O)N2CCN[C@H](C)C2)CC(C)O1. The number of piperazine rings is 1. The lowest BCUT2D eigenvalue weighted by Crippen LogP contribution is -2.58. The van der Waals surface area contributed by atoms with Crippen LogP contribution in [0, 0.1) is 0 Å². The van der Waals surface area contributed by atoms with Crippen molar-refractivity contribution in [1.82, 2.24) is 13.9 Å². The summed E-state index contributed by atoms with van der Waals surface area (Å²) in [5, 5.41) is 3.26. The predicted molar refractivity (Wildman–Crippen MR) is 69.5 cm³/mol. The lowest BCUT2D eigenvalue weighted by molar-refractivity contribution is -0.0456. The molecule has 0 aromatic rings. The van der Waals surface area contributed by atoms with E-state index in [0.717, 1.165) is 6.54 Å². The van der Waals surface area contributed by atoms with Crippen molar-refractivity contribution < 1.29 is 13.2 Å². The summed E-state index contributed by atoms with van der Waals surface area (Å²) in [6.07, 6.45) is -0.0762. The van der Waals surface area contributed by atoms with E-state index in [9.17, 15) is 8.42 Å². The van der Waals surface area contributed by atoms with Crippen molar-refractivity contribution in [2.24, 2.45) is 0 Å². The molecule has 18 heavy (non-hydrogen) atoms. The Kier molecular flexibility index (Phi) is 4.28. The average Bonchev–Trinajstić information content (AvgIpc) is 2.27. The maximum absolute atomic E-state index is 12.5. The van der Waals surface area contributed by atoms with E-state index >= 15 is 0 Å². The summed E-state index contributed by atoms with van der Waals surface area (Å²) >= 11 is 0. The normalized spacial score (nSPS) is 36.7. The van der Waals surface area contributed by atoms with Crippen LogP contribution >= 0.6 is 0 Å². The van der Waals surface area contributed by atoms with Gasteiger partial charge in [0.15, 0.2) is 0 Å². The largest absolute Gasteiger partial charge is 0.373 e. The molecule has 2 aliphatic heterocycles. The van der Waals surface area contributed by atoms with Crippen LogP contribution in [0.2, 0.25) is 0 Å². The molecule has 106 valence electrons. The van der Waals surface area contributed by atoms with Gasteiger partial charge in [-0.2, -0.15) is 17.0 Å². The Labute approximate surface area is 109 Å². The second-order valence-electron chi connectivity index (χ2n) is 5.30. The predicted octanol–water partition coefficient (Wildman–Crippen LogP) is -0.366. The minimum Gasteiger partial charge on any atom is -0.373 e. The van der Waals surface area contributed by atoms with Gasteiger partial charge >= 0.3 is 0 Å². The number of nitrogens with one attached hydrogen (secondary N) is 1. The van der Waals surface area contributed by atoms with Crippen LogP contribution in [-0.2, 0) is 14.9 Å². The van der Waals surface area contributed by atoms with Gasteiger partial charge < -0.3 is 10.1 Å². The van der Waals surface area contributed by atoms with Crippen molar-refractivity contribution in [1.29, 1.82) is 0 Å². The zero-order valence-electron chi connectivity index (χ0n) is 11.3. The molecular weight excluding hydrogens is 254 g/mol. The first-order chi connectivity index (χ1) is 8.39. The zero-order valence-corrected chi connectivity index (χ0v) is 12.1. The smallest absolute Gasteiger partial charge is 0.282 e. The number of morpholine rings is 1. The van der Waals surface area contributed by atoms with Gasteiger partial charge in [0.1, 0.15) is 0 Å². The number of hydrogen-bond donors (Lipinski definition) is 1. The highest BCUT2D eigenvalue weighted by Crippen LogP contribution is 2.18. The van der Waals surface area contributed by atoms with E-state index < -0.39 is 10.2 Å². The van der Waals surface area contributed by atoms with E-state index in [2.05, 4.69) is 5.32 Å². The Bertz CT molecular complexity index is 377. The molecule has 3 atom stereocenters. The van der Waals surface area contributed by atoms with Gasteiger partial charge in [-0.25, -0.2) is 0 Å². The van der Waals surface area contributed by atoms with Crippen LogP contribution in [0.3, 0.4) is 0 Å². The van der Waals surface area contributed by atoms with Crippen LogP contribution in [0.15, 0.2) is 0 Å². The van der Waals surface area contributed by atoms with Gasteiger partial charge in [-0.1, -0.05) is 0 Å². The topological polar surface area (TPSA) is 61.9 Å². The maximum Gasteiger partial charge on any atom is 0.282 e. The molecule has 2 heterocycles. The van der Waals surface area contributed by atoms with E-state index in [1.807, 2.05) is 20.8 Å². The molecule has 0 bridgehead atoms. The standard InChI is InChI=1S/C11H23N3O3S/c1-9-6-13(5-4-12-9)18(15,16)14-7-10(2)17-11(3)8-14/h9-12H,4-8H2,1-3H3/t9-,10?,11?/m1/s1. The van der Waals surface area contributed by atoms with Gasteiger partial charge in [-0.05, 0) is 20.8 Å². The van der Waals surface area contributed by atoms with Crippen molar-refractivity contribution in [3.8, 4) is 0 Å². The lowest BCUT2D eigenvalue weighted by atomic mass is 10.3. The Morgan fingerprint density at radius 3 is 2.22 bits per heavy atom. The van der Waals surface area contributed by atoms with Crippen molar-refractivity contribution >= 4 is 10.2 Å². The van der Waals surface area contributed by atoms with Crippen molar-refractivity contribution in [3.63, 3.8) is 0 Å². The molecule has 7 heteroatoms. The third-order valence-electron chi connectivity index (χ3n) is 3.37. The molecule has 6 nitrogen and oxygen atoms in total. The molecule has 2 aliphatic rings. The van der Waals surface area contributed by atoms with Gasteiger partial charge in [0, 0.05) is 38.8 Å². The van der Waals surface area contributed by atoms with E-state index in [-0.39, 0.29) is 18.2 Å². The molecule has 0 amide bonds. The van der Waals surface area contributed by atoms with Crippen LogP contribution < -0.4 is 5.32 Å². The first-order valence-electron chi connectivity index (χ1n) is 6.53. The van der Waals surface area contributed by atoms with Gasteiger partial charge in [0.25, 0.3) is 10.2 Å². The van der Waals surface area contributed by atoms with E-state index in [1.54, 1.807) is 8.61 Å².